The van der Waals surface area contributed by atoms with Crippen molar-refractivity contribution in [3.8, 4) is 0 Å². The molecule has 126 valence electrons. The van der Waals surface area contributed by atoms with Gasteiger partial charge in [0.15, 0.2) is 0 Å². The molecule has 2 nitrogen and oxygen atoms in total. The molecule has 6 aliphatic rings. The van der Waals surface area contributed by atoms with Crippen LogP contribution in [0.15, 0.2) is 11.6 Å². The number of hydrogen-bond acceptors (Lipinski definition) is 2. The third-order valence-corrected chi connectivity index (χ3v) is 9.65. The first-order valence-electron chi connectivity index (χ1n) is 10.0. The Morgan fingerprint density at radius 3 is 2.74 bits per heavy atom. The van der Waals surface area contributed by atoms with Crippen LogP contribution in [0.2, 0.25) is 0 Å². The molecule has 23 heavy (non-hydrogen) atoms. The molecule has 5 fully saturated rings. The average Bonchev–Trinajstić information content (AvgIpc) is 3.39. The van der Waals surface area contributed by atoms with Gasteiger partial charge in [-0.3, -0.25) is 0 Å². The van der Waals surface area contributed by atoms with E-state index in [4.69, 9.17) is 4.74 Å². The SMILES string of the molecule is C[C@]12CCC(O)CC1=CCC1C2CC[C@@]2(C)C1C1CC1[C@@]21CO1. The maximum atomic E-state index is 10.1. The van der Waals surface area contributed by atoms with E-state index in [-0.39, 0.29) is 6.10 Å². The lowest BCUT2D eigenvalue weighted by Crippen LogP contribution is -2.53. The van der Waals surface area contributed by atoms with Crippen LogP contribution in [0.4, 0.5) is 0 Å². The summed E-state index contributed by atoms with van der Waals surface area (Å²) in [6.45, 7) is 6.18. The largest absolute Gasteiger partial charge is 0.393 e. The molecule has 5 aliphatic carbocycles. The number of epoxide rings is 1. The molecule has 0 bridgehead atoms. The van der Waals surface area contributed by atoms with Gasteiger partial charge < -0.3 is 9.84 Å². The zero-order chi connectivity index (χ0) is 15.6. The van der Waals surface area contributed by atoms with Gasteiger partial charge in [-0.1, -0.05) is 25.5 Å². The predicted molar refractivity (Wildman–Crippen MR) is 88.8 cm³/mol. The first-order chi connectivity index (χ1) is 11.0. The van der Waals surface area contributed by atoms with Crippen LogP contribution in [0.25, 0.3) is 0 Å². The predicted octanol–water partition coefficient (Wildman–Crippen LogP) is 3.94. The molecular weight excluding hydrogens is 284 g/mol. The Bertz CT molecular complexity index is 605. The molecule has 1 saturated heterocycles. The van der Waals surface area contributed by atoms with Gasteiger partial charge in [0.05, 0.1) is 12.7 Å². The minimum Gasteiger partial charge on any atom is -0.393 e. The molecule has 0 aromatic rings. The minimum absolute atomic E-state index is 0.0813. The first-order valence-corrected chi connectivity index (χ1v) is 10.0. The number of allylic oxidation sites excluding steroid dienone is 1. The lowest BCUT2D eigenvalue weighted by Gasteiger charge is -2.58. The van der Waals surface area contributed by atoms with Gasteiger partial charge in [-0.25, -0.2) is 0 Å². The van der Waals surface area contributed by atoms with Gasteiger partial charge in [0.25, 0.3) is 0 Å². The normalized spacial score (nSPS) is 65.3. The topological polar surface area (TPSA) is 32.8 Å². The van der Waals surface area contributed by atoms with E-state index in [1.165, 1.54) is 32.1 Å². The van der Waals surface area contributed by atoms with Crippen molar-refractivity contribution in [2.45, 2.75) is 70.5 Å². The van der Waals surface area contributed by atoms with Crippen LogP contribution in [0.5, 0.6) is 0 Å². The molecule has 1 N–H and O–H groups in total. The number of aliphatic hydroxyl groups is 1. The summed E-state index contributed by atoms with van der Waals surface area (Å²) in [5.41, 5.74) is 2.76. The molecule has 6 rings (SSSR count). The molecule has 0 radical (unpaired) electrons. The summed E-state index contributed by atoms with van der Waals surface area (Å²) < 4.78 is 6.16. The van der Waals surface area contributed by atoms with Gasteiger partial charge in [0.1, 0.15) is 5.60 Å². The van der Waals surface area contributed by atoms with Gasteiger partial charge in [-0.2, -0.15) is 0 Å². The van der Waals surface area contributed by atoms with Crippen LogP contribution < -0.4 is 0 Å². The highest BCUT2D eigenvalue weighted by atomic mass is 16.6. The fraction of sp³-hybridized carbons (Fsp3) is 0.905. The molecule has 0 aromatic heterocycles. The van der Waals surface area contributed by atoms with Crippen LogP contribution >= 0.6 is 0 Å². The van der Waals surface area contributed by atoms with E-state index >= 15 is 0 Å². The molecule has 0 amide bonds. The first kappa shape index (κ1) is 13.9. The number of rotatable bonds is 0. The van der Waals surface area contributed by atoms with Crippen LogP contribution in [-0.2, 0) is 4.74 Å². The second-order valence-corrected chi connectivity index (χ2v) is 10.2. The summed E-state index contributed by atoms with van der Waals surface area (Å²) in [5.74, 6) is 4.54. The Balaban J connectivity index is 1.41. The fourth-order valence-corrected chi connectivity index (χ4v) is 8.37. The Hall–Kier alpha value is -0.340. The minimum atomic E-state index is -0.0813. The second-order valence-electron chi connectivity index (χ2n) is 10.2. The third-order valence-electron chi connectivity index (χ3n) is 9.65. The number of hydrogen-bond donors (Lipinski definition) is 1. The van der Waals surface area contributed by atoms with Gasteiger partial charge in [-0.15, -0.1) is 0 Å². The maximum Gasteiger partial charge on any atom is 0.100 e. The highest BCUT2D eigenvalue weighted by molar-refractivity contribution is 5.32. The van der Waals surface area contributed by atoms with Crippen LogP contribution in [0, 0.1) is 40.4 Å². The van der Waals surface area contributed by atoms with Crippen LogP contribution in [-0.4, -0.2) is 23.4 Å². The fourth-order valence-electron chi connectivity index (χ4n) is 8.37. The monoisotopic (exact) mass is 314 g/mol. The molecular formula is C21H30O2. The van der Waals surface area contributed by atoms with Gasteiger partial charge in [0, 0.05) is 5.41 Å². The Morgan fingerprint density at radius 1 is 1.13 bits per heavy atom. The molecule has 0 aromatic carbocycles. The van der Waals surface area contributed by atoms with Crippen LogP contribution in [0.3, 0.4) is 0 Å². The summed E-state index contributed by atoms with van der Waals surface area (Å²) in [4.78, 5) is 0. The van der Waals surface area contributed by atoms with Crippen molar-refractivity contribution >= 4 is 0 Å². The molecule has 6 unspecified atom stereocenters. The number of fused-ring (bicyclic) bond motifs is 9. The van der Waals surface area contributed by atoms with Crippen molar-refractivity contribution in [2.24, 2.45) is 40.4 Å². The summed E-state index contributed by atoms with van der Waals surface area (Å²) >= 11 is 0. The van der Waals surface area contributed by atoms with E-state index in [1.54, 1.807) is 5.57 Å². The standard InChI is InChI=1S/C21H30O2/c1-19-7-5-13(22)9-12(19)3-4-14-16(19)6-8-20(2)18(14)15-10-17(15)21(20)11-23-21/h3,13-18,22H,4-11H2,1-2H3/t13?,14?,15?,16?,17?,18?,19-,20-,21-/m0/s1. The smallest absolute Gasteiger partial charge is 0.100 e. The van der Waals surface area contributed by atoms with Crippen LogP contribution in [0.1, 0.15) is 58.8 Å². The summed E-state index contributed by atoms with van der Waals surface area (Å²) in [6, 6.07) is 0. The maximum absolute atomic E-state index is 10.1. The van der Waals surface area contributed by atoms with E-state index < -0.39 is 0 Å². The number of aliphatic hydroxyl groups excluding tert-OH is 1. The Labute approximate surface area is 139 Å². The summed E-state index contributed by atoms with van der Waals surface area (Å²) in [7, 11) is 0. The summed E-state index contributed by atoms with van der Waals surface area (Å²) in [5, 5.41) is 10.1. The second kappa shape index (κ2) is 3.90. The molecule has 1 spiro atoms. The molecule has 1 aliphatic heterocycles. The van der Waals surface area contributed by atoms with Crippen molar-refractivity contribution in [2.75, 3.05) is 6.61 Å². The quantitative estimate of drug-likeness (QED) is 0.543. The highest BCUT2D eigenvalue weighted by Gasteiger charge is 2.81. The third kappa shape index (κ3) is 1.42. The van der Waals surface area contributed by atoms with E-state index in [2.05, 4.69) is 19.9 Å². The van der Waals surface area contributed by atoms with Crippen molar-refractivity contribution in [3.05, 3.63) is 11.6 Å². The Morgan fingerprint density at radius 2 is 1.96 bits per heavy atom. The molecule has 1 heterocycles. The molecule has 9 atom stereocenters. The van der Waals surface area contributed by atoms with E-state index in [0.29, 0.717) is 16.4 Å². The van der Waals surface area contributed by atoms with Crippen molar-refractivity contribution in [3.63, 3.8) is 0 Å². The zero-order valence-corrected chi connectivity index (χ0v) is 14.6. The lowest BCUT2D eigenvalue weighted by molar-refractivity contribution is -0.0704. The van der Waals surface area contributed by atoms with Gasteiger partial charge in [0.2, 0.25) is 0 Å². The van der Waals surface area contributed by atoms with E-state index in [1.807, 2.05) is 0 Å². The van der Waals surface area contributed by atoms with Crippen molar-refractivity contribution in [1.82, 2.24) is 0 Å². The molecule has 4 saturated carbocycles. The zero-order valence-electron chi connectivity index (χ0n) is 14.6. The van der Waals surface area contributed by atoms with Crippen molar-refractivity contribution < 1.29 is 9.84 Å². The van der Waals surface area contributed by atoms with E-state index in [0.717, 1.165) is 49.0 Å². The Kier molecular flexibility index (Phi) is 2.36. The highest BCUT2D eigenvalue weighted by Crippen LogP contribution is 2.80. The molecule has 2 heteroatoms. The summed E-state index contributed by atoms with van der Waals surface area (Å²) in [6.07, 6.45) is 11.2. The van der Waals surface area contributed by atoms with Gasteiger partial charge in [-0.05, 0) is 80.0 Å². The lowest BCUT2D eigenvalue weighted by atomic mass is 9.46. The number of ether oxygens (including phenoxy) is 1. The van der Waals surface area contributed by atoms with Gasteiger partial charge >= 0.3 is 0 Å². The van der Waals surface area contributed by atoms with E-state index in [9.17, 15) is 5.11 Å². The average molecular weight is 314 g/mol. The van der Waals surface area contributed by atoms with Crippen molar-refractivity contribution in [1.29, 1.82) is 0 Å².